The van der Waals surface area contributed by atoms with Gasteiger partial charge in [0.1, 0.15) is 5.75 Å². The smallest absolute Gasteiger partial charge is 0.240 e. The Hall–Kier alpha value is -1.41. The number of aryl methyl sites for hydroxylation is 1. The number of aliphatic hydroxyl groups is 1. The maximum Gasteiger partial charge on any atom is 0.240 e. The number of hydrogen-bond donors (Lipinski definition) is 2. The first kappa shape index (κ1) is 18.9. The Morgan fingerprint density at radius 1 is 1.29 bits per heavy atom. The Kier molecular flexibility index (Phi) is 6.79. The molecule has 0 amide bonds. The lowest BCUT2D eigenvalue weighted by Crippen LogP contribution is -2.26. The zero-order valence-electron chi connectivity index (χ0n) is 13.9. The van der Waals surface area contributed by atoms with Crippen molar-refractivity contribution in [2.75, 3.05) is 20.3 Å². The number of hydrogen-bond acceptors (Lipinski definition) is 5. The summed E-state index contributed by atoms with van der Waals surface area (Å²) in [5.74, 6) is 0.785. The fraction of sp³-hybridized carbons (Fsp3) is 0.412. The molecule has 24 heavy (non-hydrogen) atoms. The van der Waals surface area contributed by atoms with E-state index in [9.17, 15) is 13.5 Å². The van der Waals surface area contributed by atoms with Gasteiger partial charge < -0.3 is 9.84 Å². The Morgan fingerprint density at radius 3 is 2.67 bits per heavy atom. The molecule has 1 atom stereocenters. The monoisotopic (exact) mass is 369 g/mol. The van der Waals surface area contributed by atoms with Crippen LogP contribution in [0.3, 0.4) is 0 Å². The van der Waals surface area contributed by atoms with Crippen molar-refractivity contribution in [3.8, 4) is 5.75 Å². The molecule has 0 fully saturated rings. The van der Waals surface area contributed by atoms with Gasteiger partial charge in [-0.3, -0.25) is 0 Å². The second-order valence-electron chi connectivity index (χ2n) is 5.58. The SMILES string of the molecule is COc1ccc(S(=O)(=O)NCC[C@H](CCO)c2ccsc2)c(C)c1. The Labute approximate surface area is 147 Å². The molecule has 1 aromatic carbocycles. The fourth-order valence-corrected chi connectivity index (χ4v) is 4.65. The second kappa shape index (κ2) is 8.62. The van der Waals surface area contributed by atoms with Crippen molar-refractivity contribution in [3.05, 3.63) is 46.2 Å². The van der Waals surface area contributed by atoms with Crippen LogP contribution in [-0.4, -0.2) is 33.8 Å². The van der Waals surface area contributed by atoms with Crippen molar-refractivity contribution in [2.24, 2.45) is 0 Å². The van der Waals surface area contributed by atoms with Crippen LogP contribution in [-0.2, 0) is 10.0 Å². The summed E-state index contributed by atoms with van der Waals surface area (Å²) in [6, 6.07) is 6.92. The minimum atomic E-state index is -3.56. The van der Waals surface area contributed by atoms with Crippen molar-refractivity contribution < 1.29 is 18.3 Å². The number of aliphatic hydroxyl groups excluding tert-OH is 1. The highest BCUT2D eigenvalue weighted by atomic mass is 32.2. The Bertz CT molecular complexity index is 742. The van der Waals surface area contributed by atoms with E-state index >= 15 is 0 Å². The lowest BCUT2D eigenvalue weighted by Gasteiger charge is -2.16. The molecule has 0 bridgehead atoms. The van der Waals surface area contributed by atoms with Crippen molar-refractivity contribution in [1.29, 1.82) is 0 Å². The van der Waals surface area contributed by atoms with E-state index in [0.717, 1.165) is 5.56 Å². The van der Waals surface area contributed by atoms with Crippen LogP contribution in [0, 0.1) is 6.92 Å². The Balaban J connectivity index is 2.02. The molecule has 2 rings (SSSR count). The third kappa shape index (κ3) is 4.80. The fourth-order valence-electron chi connectivity index (χ4n) is 2.64. The molecule has 0 spiro atoms. The van der Waals surface area contributed by atoms with Crippen LogP contribution < -0.4 is 9.46 Å². The molecule has 2 aromatic rings. The molecule has 0 radical (unpaired) electrons. The highest BCUT2D eigenvalue weighted by molar-refractivity contribution is 7.89. The van der Waals surface area contributed by atoms with Crippen molar-refractivity contribution in [2.45, 2.75) is 30.6 Å². The molecule has 1 heterocycles. The van der Waals surface area contributed by atoms with E-state index in [1.165, 1.54) is 0 Å². The summed E-state index contributed by atoms with van der Waals surface area (Å²) in [6.07, 6.45) is 1.27. The van der Waals surface area contributed by atoms with Gasteiger partial charge in [-0.2, -0.15) is 11.3 Å². The zero-order valence-corrected chi connectivity index (χ0v) is 15.5. The highest BCUT2D eigenvalue weighted by Crippen LogP contribution is 2.25. The quantitative estimate of drug-likeness (QED) is 0.713. The first-order chi connectivity index (χ1) is 11.5. The number of benzene rings is 1. The Morgan fingerprint density at radius 2 is 2.08 bits per heavy atom. The lowest BCUT2D eigenvalue weighted by atomic mass is 9.95. The summed E-state index contributed by atoms with van der Waals surface area (Å²) in [5, 5.41) is 13.2. The molecule has 0 unspecified atom stereocenters. The van der Waals surface area contributed by atoms with Crippen molar-refractivity contribution >= 4 is 21.4 Å². The number of nitrogens with one attached hydrogen (secondary N) is 1. The second-order valence-corrected chi connectivity index (χ2v) is 8.10. The first-order valence-corrected chi connectivity index (χ1v) is 10.2. The van der Waals surface area contributed by atoms with Gasteiger partial charge in [-0.05, 0) is 71.8 Å². The van der Waals surface area contributed by atoms with Crippen LogP contribution in [0.1, 0.15) is 29.9 Å². The van der Waals surface area contributed by atoms with Gasteiger partial charge in [0.2, 0.25) is 10.0 Å². The summed E-state index contributed by atoms with van der Waals surface area (Å²) >= 11 is 1.60. The molecule has 0 saturated carbocycles. The normalized spacial score (nSPS) is 13.0. The van der Waals surface area contributed by atoms with Crippen LogP contribution in [0.15, 0.2) is 39.9 Å². The maximum absolute atomic E-state index is 12.5. The molecule has 0 aliphatic heterocycles. The molecule has 5 nitrogen and oxygen atoms in total. The summed E-state index contributed by atoms with van der Waals surface area (Å²) in [7, 11) is -2.01. The predicted molar refractivity (Wildman–Crippen MR) is 96.3 cm³/mol. The van der Waals surface area contributed by atoms with E-state index < -0.39 is 10.0 Å². The first-order valence-electron chi connectivity index (χ1n) is 7.75. The molecule has 132 valence electrons. The van der Waals surface area contributed by atoms with Gasteiger partial charge in [-0.15, -0.1) is 0 Å². The third-order valence-electron chi connectivity index (χ3n) is 3.95. The molecule has 1 aromatic heterocycles. The number of methoxy groups -OCH3 is 1. The van der Waals surface area contributed by atoms with Gasteiger partial charge in [0.25, 0.3) is 0 Å². The molecule has 0 aliphatic rings. The van der Waals surface area contributed by atoms with E-state index in [4.69, 9.17) is 4.74 Å². The van der Waals surface area contributed by atoms with Gasteiger partial charge in [0, 0.05) is 13.2 Å². The molecule has 7 heteroatoms. The van der Waals surface area contributed by atoms with Crippen molar-refractivity contribution in [1.82, 2.24) is 4.72 Å². The molecular formula is C17H23NO4S2. The molecule has 0 saturated heterocycles. The van der Waals surface area contributed by atoms with E-state index in [1.54, 1.807) is 43.6 Å². The predicted octanol–water partition coefficient (Wildman–Crippen LogP) is 2.90. The number of rotatable bonds is 9. The van der Waals surface area contributed by atoms with Crippen LogP contribution in [0.5, 0.6) is 5.75 Å². The summed E-state index contributed by atoms with van der Waals surface area (Å²) in [5.41, 5.74) is 1.79. The summed E-state index contributed by atoms with van der Waals surface area (Å²) in [6.45, 7) is 2.16. The minimum absolute atomic E-state index is 0.0881. The van der Waals surface area contributed by atoms with E-state index in [1.807, 2.05) is 16.8 Å². The van der Waals surface area contributed by atoms with Crippen LogP contribution in [0.2, 0.25) is 0 Å². The zero-order chi connectivity index (χ0) is 17.6. The number of thiophene rings is 1. The molecular weight excluding hydrogens is 346 g/mol. The number of ether oxygens (including phenoxy) is 1. The minimum Gasteiger partial charge on any atom is -0.497 e. The van der Waals surface area contributed by atoms with Crippen LogP contribution >= 0.6 is 11.3 Å². The van der Waals surface area contributed by atoms with Gasteiger partial charge >= 0.3 is 0 Å². The summed E-state index contributed by atoms with van der Waals surface area (Å²) in [4.78, 5) is 0.262. The lowest BCUT2D eigenvalue weighted by molar-refractivity contribution is 0.273. The van der Waals surface area contributed by atoms with Crippen molar-refractivity contribution in [3.63, 3.8) is 0 Å². The van der Waals surface area contributed by atoms with Gasteiger partial charge in [-0.1, -0.05) is 0 Å². The molecule has 2 N–H and O–H groups in total. The number of sulfonamides is 1. The van der Waals surface area contributed by atoms with Gasteiger partial charge in [-0.25, -0.2) is 13.1 Å². The third-order valence-corrected chi connectivity index (χ3v) is 6.27. The maximum atomic E-state index is 12.5. The van der Waals surface area contributed by atoms with E-state index in [-0.39, 0.29) is 17.4 Å². The average Bonchev–Trinajstić information content (AvgIpc) is 3.07. The van der Waals surface area contributed by atoms with Crippen LogP contribution in [0.25, 0.3) is 0 Å². The average molecular weight is 370 g/mol. The largest absolute Gasteiger partial charge is 0.497 e. The van der Waals surface area contributed by atoms with E-state index in [0.29, 0.717) is 30.7 Å². The standard InChI is InChI=1S/C17H23NO4S2/c1-13-11-16(22-2)3-4-17(13)24(20,21)18-8-5-14(6-9-19)15-7-10-23-12-15/h3-4,7,10-12,14,18-19H,5-6,8-9H2,1-2H3/t14-/m1/s1. The van der Waals surface area contributed by atoms with Gasteiger partial charge in [0.05, 0.1) is 12.0 Å². The topological polar surface area (TPSA) is 75.6 Å². The molecule has 0 aliphatic carbocycles. The van der Waals surface area contributed by atoms with Gasteiger partial charge in [0.15, 0.2) is 0 Å². The van der Waals surface area contributed by atoms with Crippen LogP contribution in [0.4, 0.5) is 0 Å². The summed E-state index contributed by atoms with van der Waals surface area (Å²) < 4.78 is 32.7. The van der Waals surface area contributed by atoms with E-state index in [2.05, 4.69) is 4.72 Å². The highest BCUT2D eigenvalue weighted by Gasteiger charge is 2.18.